The van der Waals surface area contributed by atoms with Crippen molar-refractivity contribution in [3.63, 3.8) is 0 Å². The first-order valence-corrected chi connectivity index (χ1v) is 12.4. The third-order valence-corrected chi connectivity index (χ3v) is 7.67. The summed E-state index contributed by atoms with van der Waals surface area (Å²) in [7, 11) is 0. The molecule has 1 unspecified atom stereocenters. The smallest absolute Gasteiger partial charge is 0.299 e. The molecule has 0 N–H and O–H groups in total. The van der Waals surface area contributed by atoms with Crippen LogP contribution in [0.3, 0.4) is 0 Å². The minimum absolute atomic E-state index is 0.205. The topological polar surface area (TPSA) is 21.9 Å². The molecule has 5 aromatic carbocycles. The Morgan fingerprint density at radius 2 is 1.47 bits per heavy atom. The minimum Gasteiger partial charge on any atom is -0.455 e. The van der Waals surface area contributed by atoms with Crippen LogP contribution in [-0.2, 0) is 0 Å². The van der Waals surface area contributed by atoms with Crippen molar-refractivity contribution in [3.8, 4) is 28.2 Å². The number of furan rings is 1. The maximum absolute atomic E-state index is 6.55. The molecule has 36 heavy (non-hydrogen) atoms. The van der Waals surface area contributed by atoms with Crippen LogP contribution in [0.4, 0.5) is 0 Å². The van der Waals surface area contributed by atoms with Crippen molar-refractivity contribution in [2.45, 2.75) is 13.0 Å². The molecule has 8 rings (SSSR count). The normalized spacial score (nSPS) is 14.5. The molecular weight excluding hydrogens is 440 g/mol. The van der Waals surface area contributed by atoms with E-state index in [9.17, 15) is 0 Å². The molecule has 2 aromatic heterocycles. The molecule has 0 radical (unpaired) electrons. The first-order chi connectivity index (χ1) is 17.8. The quantitative estimate of drug-likeness (QED) is 0.238. The van der Waals surface area contributed by atoms with E-state index in [-0.39, 0.29) is 6.04 Å². The van der Waals surface area contributed by atoms with Gasteiger partial charge in [-0.2, -0.15) is 4.57 Å². The Morgan fingerprint density at radius 3 is 2.39 bits per heavy atom. The summed E-state index contributed by atoms with van der Waals surface area (Å²) in [6.07, 6.45) is 0. The average molecular weight is 464 g/mol. The Morgan fingerprint density at radius 1 is 0.694 bits per heavy atom. The van der Waals surface area contributed by atoms with Gasteiger partial charge in [0.25, 0.3) is 5.82 Å². The third kappa shape index (κ3) is 2.55. The fraction of sp³-hybridized carbons (Fsp3) is 0.0606. The molecule has 1 atom stereocenters. The van der Waals surface area contributed by atoms with Gasteiger partial charge >= 0.3 is 0 Å². The molecule has 3 heterocycles. The van der Waals surface area contributed by atoms with Crippen LogP contribution in [0.15, 0.2) is 120 Å². The number of imidazole rings is 1. The zero-order valence-electron chi connectivity index (χ0n) is 19.8. The van der Waals surface area contributed by atoms with Gasteiger partial charge in [0.15, 0.2) is 16.6 Å². The van der Waals surface area contributed by atoms with Gasteiger partial charge in [-0.25, -0.2) is 4.57 Å². The van der Waals surface area contributed by atoms with Crippen molar-refractivity contribution in [1.82, 2.24) is 4.57 Å². The molecule has 3 heteroatoms. The van der Waals surface area contributed by atoms with Crippen molar-refractivity contribution in [2.75, 3.05) is 0 Å². The molecule has 1 aliphatic rings. The van der Waals surface area contributed by atoms with Crippen LogP contribution in [0, 0.1) is 0 Å². The number of benzene rings is 5. The second-order valence-corrected chi connectivity index (χ2v) is 9.61. The Balaban J connectivity index is 1.49. The van der Waals surface area contributed by atoms with E-state index in [0.717, 1.165) is 22.2 Å². The van der Waals surface area contributed by atoms with E-state index in [0.29, 0.717) is 0 Å². The van der Waals surface area contributed by atoms with E-state index in [4.69, 9.17) is 4.42 Å². The van der Waals surface area contributed by atoms with Gasteiger partial charge in [-0.05, 0) is 48.4 Å². The molecule has 0 amide bonds. The van der Waals surface area contributed by atoms with Crippen LogP contribution in [-0.4, -0.2) is 4.57 Å². The molecule has 3 nitrogen and oxygen atoms in total. The Kier molecular flexibility index (Phi) is 3.92. The SMILES string of the molecule is CC1c2ccc3c(oc4ccccc43)c2-c2n(-c3cccc(-c4ccccc4)c3)c3ccccc3[n+]21. The number of aromatic nitrogens is 2. The standard InChI is InChI=1S/C33H23N2O/c1-21-25-18-19-27-26-14-5-8-17-30(26)36-32(27)31(25)33-34(21)28-15-6-7-16-29(28)35(33)24-13-9-12-23(20-24)22-10-3-2-4-11-22/h2-21H,1H3/q+1. The highest BCUT2D eigenvalue weighted by atomic mass is 16.3. The first kappa shape index (κ1) is 19.7. The summed E-state index contributed by atoms with van der Waals surface area (Å²) in [6, 6.07) is 41.2. The molecular formula is C33H23N2O+. The van der Waals surface area contributed by atoms with Crippen molar-refractivity contribution in [1.29, 1.82) is 0 Å². The summed E-state index contributed by atoms with van der Waals surface area (Å²) >= 11 is 0. The fourth-order valence-electron chi connectivity index (χ4n) is 6.06. The highest BCUT2D eigenvalue weighted by Crippen LogP contribution is 2.45. The molecule has 0 bridgehead atoms. The van der Waals surface area contributed by atoms with Crippen LogP contribution < -0.4 is 4.57 Å². The van der Waals surface area contributed by atoms with E-state index in [2.05, 4.69) is 125 Å². The van der Waals surface area contributed by atoms with Gasteiger partial charge in [0, 0.05) is 16.3 Å². The predicted octanol–water partition coefficient (Wildman–Crippen LogP) is 8.07. The van der Waals surface area contributed by atoms with Crippen molar-refractivity contribution in [2.24, 2.45) is 0 Å². The summed E-state index contributed by atoms with van der Waals surface area (Å²) in [4.78, 5) is 0. The molecule has 0 aliphatic carbocycles. The highest BCUT2D eigenvalue weighted by molar-refractivity contribution is 6.10. The lowest BCUT2D eigenvalue weighted by Gasteiger charge is -2.06. The molecule has 0 fully saturated rings. The average Bonchev–Trinajstić information content (AvgIpc) is 3.57. The van der Waals surface area contributed by atoms with Crippen molar-refractivity contribution < 1.29 is 8.98 Å². The number of nitrogens with zero attached hydrogens (tertiary/aromatic N) is 2. The van der Waals surface area contributed by atoms with Gasteiger partial charge in [-0.3, -0.25) is 0 Å². The predicted molar refractivity (Wildman–Crippen MR) is 145 cm³/mol. The summed E-state index contributed by atoms with van der Waals surface area (Å²) in [5, 5.41) is 2.33. The van der Waals surface area contributed by atoms with Gasteiger partial charge in [0.1, 0.15) is 22.9 Å². The number of hydrogen-bond acceptors (Lipinski definition) is 1. The second-order valence-electron chi connectivity index (χ2n) is 9.61. The number of rotatable bonds is 2. The van der Waals surface area contributed by atoms with E-state index in [1.54, 1.807) is 0 Å². The van der Waals surface area contributed by atoms with E-state index >= 15 is 0 Å². The maximum atomic E-state index is 6.55. The summed E-state index contributed by atoms with van der Waals surface area (Å²) in [5.41, 5.74) is 10.4. The van der Waals surface area contributed by atoms with Gasteiger partial charge in [-0.1, -0.05) is 84.9 Å². The van der Waals surface area contributed by atoms with Gasteiger partial charge in [0.2, 0.25) is 0 Å². The summed E-state index contributed by atoms with van der Waals surface area (Å²) in [6.45, 7) is 2.29. The molecule has 0 saturated heterocycles. The Bertz CT molecular complexity index is 1960. The lowest BCUT2D eigenvalue weighted by atomic mass is 10.0. The number of fused-ring (bicyclic) bond motifs is 9. The molecule has 1 aliphatic heterocycles. The number of para-hydroxylation sites is 3. The van der Waals surface area contributed by atoms with Crippen LogP contribution in [0.5, 0.6) is 0 Å². The lowest BCUT2D eigenvalue weighted by molar-refractivity contribution is -0.669. The van der Waals surface area contributed by atoms with Crippen LogP contribution in [0.25, 0.3) is 61.2 Å². The largest absolute Gasteiger partial charge is 0.455 e. The number of hydrogen-bond donors (Lipinski definition) is 0. The van der Waals surface area contributed by atoms with Crippen LogP contribution >= 0.6 is 0 Å². The maximum Gasteiger partial charge on any atom is 0.299 e. The fourth-order valence-corrected chi connectivity index (χ4v) is 6.06. The minimum atomic E-state index is 0.205. The highest BCUT2D eigenvalue weighted by Gasteiger charge is 2.41. The lowest BCUT2D eigenvalue weighted by Crippen LogP contribution is -2.35. The molecule has 0 saturated carbocycles. The van der Waals surface area contributed by atoms with Crippen LogP contribution in [0.1, 0.15) is 18.5 Å². The molecule has 7 aromatic rings. The van der Waals surface area contributed by atoms with E-state index in [1.807, 2.05) is 6.07 Å². The monoisotopic (exact) mass is 463 g/mol. The first-order valence-electron chi connectivity index (χ1n) is 12.4. The zero-order chi connectivity index (χ0) is 23.8. The summed E-state index contributed by atoms with van der Waals surface area (Å²) < 4.78 is 11.4. The third-order valence-electron chi connectivity index (χ3n) is 7.67. The Labute approximate surface area is 208 Å². The zero-order valence-corrected chi connectivity index (χ0v) is 19.8. The van der Waals surface area contributed by atoms with Gasteiger partial charge < -0.3 is 4.42 Å². The Hall–Kier alpha value is -4.63. The van der Waals surface area contributed by atoms with Gasteiger partial charge in [-0.15, -0.1) is 0 Å². The van der Waals surface area contributed by atoms with E-state index < -0.39 is 0 Å². The van der Waals surface area contributed by atoms with Crippen molar-refractivity contribution in [3.05, 3.63) is 121 Å². The molecule has 0 spiro atoms. The molecule has 170 valence electrons. The van der Waals surface area contributed by atoms with Crippen molar-refractivity contribution >= 4 is 33.0 Å². The second kappa shape index (κ2) is 7.19. The van der Waals surface area contributed by atoms with Crippen LogP contribution in [0.2, 0.25) is 0 Å². The summed E-state index contributed by atoms with van der Waals surface area (Å²) in [5.74, 6) is 1.17. The van der Waals surface area contributed by atoms with Gasteiger partial charge in [0.05, 0.1) is 0 Å². The van der Waals surface area contributed by atoms with E-state index in [1.165, 1.54) is 44.5 Å².